The lowest BCUT2D eigenvalue weighted by Gasteiger charge is -2.35. The predicted molar refractivity (Wildman–Crippen MR) is 158 cm³/mol. The molecule has 0 radical (unpaired) electrons. The molecule has 1 aromatic heterocycles. The summed E-state index contributed by atoms with van der Waals surface area (Å²) in [5, 5.41) is 10.9. The number of anilines is 1. The van der Waals surface area contributed by atoms with Crippen molar-refractivity contribution in [2.24, 2.45) is 5.73 Å². The van der Waals surface area contributed by atoms with Crippen molar-refractivity contribution in [1.82, 2.24) is 4.98 Å². The first-order valence-corrected chi connectivity index (χ1v) is 13.1. The fraction of sp³-hybridized carbons (Fsp3) is 0.121. The second-order valence-electron chi connectivity index (χ2n) is 9.45. The third kappa shape index (κ3) is 5.04. The summed E-state index contributed by atoms with van der Waals surface area (Å²) in [7, 11) is 3.70. The number of allylic oxidation sites excluding steroid dienone is 1. The Labute approximate surface area is 247 Å². The van der Waals surface area contributed by atoms with Crippen LogP contribution in [0, 0.1) is 11.3 Å². The third-order valence-corrected chi connectivity index (χ3v) is 7.15. The number of hydrogen-bond donors (Lipinski definition) is 1. The van der Waals surface area contributed by atoms with E-state index in [1.54, 1.807) is 72.8 Å². The van der Waals surface area contributed by atoms with Crippen molar-refractivity contribution in [2.45, 2.75) is 5.92 Å². The monoisotopic (exact) mass is 574 g/mol. The first kappa shape index (κ1) is 28.6. The van der Waals surface area contributed by atoms with Gasteiger partial charge in [0.05, 0.1) is 61.2 Å². The molecule has 0 aliphatic carbocycles. The van der Waals surface area contributed by atoms with Crippen LogP contribution in [-0.2, 0) is 23.8 Å². The standard InChI is InChI=1S/C33H26N4O6/c1-41-31(38)23-17-26(36-25-12-8-7-11-22(23)25)19-13-15-21(16-14-19)37-29(33(40)43-3)28(32(39)42-2)27(24(18-34)30(37)35)20-9-5-4-6-10-20/h4-17,27H,35H2,1-3H3. The molecule has 2 heterocycles. The molecule has 0 bridgehead atoms. The molecule has 43 heavy (non-hydrogen) atoms. The summed E-state index contributed by atoms with van der Waals surface area (Å²) < 4.78 is 15.2. The Morgan fingerprint density at radius 3 is 2.09 bits per heavy atom. The Morgan fingerprint density at radius 1 is 0.837 bits per heavy atom. The fourth-order valence-electron chi connectivity index (χ4n) is 5.16. The number of nitriles is 1. The van der Waals surface area contributed by atoms with Crippen LogP contribution >= 0.6 is 0 Å². The van der Waals surface area contributed by atoms with Crippen LogP contribution in [-0.4, -0.2) is 44.2 Å². The second-order valence-corrected chi connectivity index (χ2v) is 9.45. The number of nitrogens with two attached hydrogens (primary N) is 1. The van der Waals surface area contributed by atoms with Crippen LogP contribution in [0.2, 0.25) is 0 Å². The first-order valence-electron chi connectivity index (χ1n) is 13.1. The molecule has 1 atom stereocenters. The number of carbonyl (C=O) groups excluding carboxylic acids is 3. The molecule has 5 rings (SSSR count). The lowest BCUT2D eigenvalue weighted by atomic mass is 9.81. The third-order valence-electron chi connectivity index (χ3n) is 7.15. The zero-order valence-electron chi connectivity index (χ0n) is 23.5. The quantitative estimate of drug-likeness (QED) is 0.256. The van der Waals surface area contributed by atoms with Crippen LogP contribution in [0.1, 0.15) is 21.8 Å². The molecular formula is C33H26N4O6. The average Bonchev–Trinajstić information content (AvgIpc) is 3.06. The van der Waals surface area contributed by atoms with Gasteiger partial charge in [-0.25, -0.2) is 19.4 Å². The number of pyridine rings is 1. The summed E-state index contributed by atoms with van der Waals surface area (Å²) >= 11 is 0. The summed E-state index contributed by atoms with van der Waals surface area (Å²) in [5.74, 6) is -3.17. The van der Waals surface area contributed by atoms with Crippen molar-refractivity contribution in [3.63, 3.8) is 0 Å². The van der Waals surface area contributed by atoms with Crippen molar-refractivity contribution in [1.29, 1.82) is 5.26 Å². The van der Waals surface area contributed by atoms with E-state index in [-0.39, 0.29) is 22.7 Å². The zero-order chi connectivity index (χ0) is 30.7. The van der Waals surface area contributed by atoms with E-state index in [0.717, 1.165) is 0 Å². The molecule has 0 spiro atoms. The number of esters is 3. The summed E-state index contributed by atoms with van der Waals surface area (Å²) in [6.07, 6.45) is 0. The smallest absolute Gasteiger partial charge is 0.355 e. The fourth-order valence-corrected chi connectivity index (χ4v) is 5.16. The maximum atomic E-state index is 13.3. The van der Waals surface area contributed by atoms with Crippen LogP contribution < -0.4 is 10.6 Å². The van der Waals surface area contributed by atoms with Gasteiger partial charge in [-0.2, -0.15) is 5.26 Å². The van der Waals surface area contributed by atoms with Gasteiger partial charge in [0.2, 0.25) is 0 Å². The Kier molecular flexibility index (Phi) is 7.90. The van der Waals surface area contributed by atoms with Crippen LogP contribution in [0.15, 0.2) is 108 Å². The molecule has 214 valence electrons. The van der Waals surface area contributed by atoms with E-state index in [0.29, 0.717) is 39.0 Å². The minimum Gasteiger partial charge on any atom is -0.466 e. The van der Waals surface area contributed by atoms with Gasteiger partial charge in [0.1, 0.15) is 11.5 Å². The predicted octanol–water partition coefficient (Wildman–Crippen LogP) is 4.59. The number of ether oxygens (including phenoxy) is 3. The number of para-hydroxylation sites is 1. The van der Waals surface area contributed by atoms with Crippen LogP contribution in [0.5, 0.6) is 0 Å². The Bertz CT molecular complexity index is 1860. The maximum absolute atomic E-state index is 13.3. The molecule has 10 nitrogen and oxygen atoms in total. The van der Waals surface area contributed by atoms with E-state index in [1.165, 1.54) is 26.2 Å². The Hall–Kier alpha value is -5.95. The van der Waals surface area contributed by atoms with Gasteiger partial charge < -0.3 is 19.9 Å². The lowest BCUT2D eigenvalue weighted by Crippen LogP contribution is -2.40. The molecule has 0 saturated heterocycles. The highest BCUT2D eigenvalue weighted by Crippen LogP contribution is 2.43. The molecule has 0 fully saturated rings. The zero-order valence-corrected chi connectivity index (χ0v) is 23.5. The van der Waals surface area contributed by atoms with Gasteiger partial charge in [0, 0.05) is 16.6 Å². The Morgan fingerprint density at radius 2 is 1.47 bits per heavy atom. The SMILES string of the molecule is COC(=O)C1=C(C(=O)OC)N(c2ccc(-c3cc(C(=O)OC)c4ccccc4n3)cc2)C(N)=C(C#N)C1c1ccccc1. The summed E-state index contributed by atoms with van der Waals surface area (Å²) in [6, 6.07) is 26.5. The van der Waals surface area contributed by atoms with Crippen molar-refractivity contribution >= 4 is 34.5 Å². The highest BCUT2D eigenvalue weighted by molar-refractivity contribution is 6.07. The van der Waals surface area contributed by atoms with E-state index in [4.69, 9.17) is 24.9 Å². The van der Waals surface area contributed by atoms with Crippen LogP contribution in [0.4, 0.5) is 5.69 Å². The molecule has 1 aliphatic rings. The normalized spacial score (nSPS) is 14.7. The molecular weight excluding hydrogens is 548 g/mol. The minimum absolute atomic E-state index is 0.0473. The van der Waals surface area contributed by atoms with Gasteiger partial charge in [-0.1, -0.05) is 60.7 Å². The van der Waals surface area contributed by atoms with Gasteiger partial charge in [-0.05, 0) is 29.8 Å². The number of rotatable bonds is 6. The number of nitrogens with zero attached hydrogens (tertiary/aromatic N) is 3. The van der Waals surface area contributed by atoms with Gasteiger partial charge >= 0.3 is 17.9 Å². The molecule has 2 N–H and O–H groups in total. The largest absolute Gasteiger partial charge is 0.466 e. The number of hydrogen-bond acceptors (Lipinski definition) is 10. The number of aromatic nitrogens is 1. The molecule has 3 aromatic carbocycles. The Balaban J connectivity index is 1.68. The maximum Gasteiger partial charge on any atom is 0.355 e. The van der Waals surface area contributed by atoms with E-state index in [1.807, 2.05) is 12.1 Å². The second kappa shape index (κ2) is 11.9. The molecule has 10 heteroatoms. The highest BCUT2D eigenvalue weighted by atomic mass is 16.5. The van der Waals surface area contributed by atoms with Gasteiger partial charge in [-0.3, -0.25) is 4.90 Å². The highest BCUT2D eigenvalue weighted by Gasteiger charge is 2.43. The summed E-state index contributed by atoms with van der Waals surface area (Å²) in [6.45, 7) is 0. The average molecular weight is 575 g/mol. The van der Waals surface area contributed by atoms with Crippen molar-refractivity contribution in [3.05, 3.63) is 119 Å². The van der Waals surface area contributed by atoms with Crippen molar-refractivity contribution in [3.8, 4) is 17.3 Å². The van der Waals surface area contributed by atoms with Gasteiger partial charge in [-0.15, -0.1) is 0 Å². The summed E-state index contributed by atoms with van der Waals surface area (Å²) in [4.78, 5) is 45.1. The van der Waals surface area contributed by atoms with E-state index < -0.39 is 23.8 Å². The number of benzene rings is 3. The number of fused-ring (bicyclic) bond motifs is 1. The van der Waals surface area contributed by atoms with E-state index in [9.17, 15) is 19.6 Å². The van der Waals surface area contributed by atoms with E-state index >= 15 is 0 Å². The van der Waals surface area contributed by atoms with Crippen molar-refractivity contribution < 1.29 is 28.6 Å². The molecule has 0 amide bonds. The lowest BCUT2D eigenvalue weighted by molar-refractivity contribution is -0.139. The molecule has 4 aromatic rings. The van der Waals surface area contributed by atoms with Gasteiger partial charge in [0.15, 0.2) is 0 Å². The van der Waals surface area contributed by atoms with E-state index in [2.05, 4.69) is 6.07 Å². The number of carbonyl (C=O) groups is 3. The van der Waals surface area contributed by atoms with Crippen LogP contribution in [0.3, 0.4) is 0 Å². The van der Waals surface area contributed by atoms with Crippen molar-refractivity contribution in [2.75, 3.05) is 26.2 Å². The molecule has 1 unspecified atom stereocenters. The summed E-state index contributed by atoms with van der Waals surface area (Å²) in [5.41, 5.74) is 9.45. The number of methoxy groups -OCH3 is 3. The first-order chi connectivity index (χ1) is 20.8. The minimum atomic E-state index is -0.971. The molecule has 1 aliphatic heterocycles. The van der Waals surface area contributed by atoms with Gasteiger partial charge in [0.25, 0.3) is 0 Å². The molecule has 0 saturated carbocycles. The van der Waals surface area contributed by atoms with Crippen LogP contribution in [0.25, 0.3) is 22.2 Å². The topological polar surface area (TPSA) is 145 Å².